The molecule has 6 heterocycles. The third kappa shape index (κ3) is 9.92. The fourth-order valence-electron chi connectivity index (χ4n) is 15.3. The molecule has 0 saturated carbocycles. The molecule has 0 radical (unpaired) electrons. The summed E-state index contributed by atoms with van der Waals surface area (Å²) in [5, 5.41) is 9.13. The molecule has 17 aromatic rings. The van der Waals surface area contributed by atoms with Gasteiger partial charge in [0.05, 0.1) is 83.7 Å². The molecule has 0 spiro atoms. The van der Waals surface area contributed by atoms with Gasteiger partial charge in [-0.05, 0) is 136 Å². The fourth-order valence-corrected chi connectivity index (χ4v) is 15.3. The second kappa shape index (κ2) is 22.4. The molecule has 99 heavy (non-hydrogen) atoms. The van der Waals surface area contributed by atoms with Crippen LogP contribution in [0, 0.1) is 6.92 Å². The quantitative estimate of drug-likeness (QED) is 0.152. The lowest BCUT2D eigenvalue weighted by Crippen LogP contribution is -2.17. The molecule has 0 atom stereocenters. The van der Waals surface area contributed by atoms with E-state index in [9.17, 15) is 0 Å². The first-order valence-electron chi connectivity index (χ1n) is 34.8. The Bertz CT molecular complexity index is 6080. The van der Waals surface area contributed by atoms with Crippen LogP contribution >= 0.6 is 0 Å². The number of hydrogen-bond donors (Lipinski definition) is 0. The van der Waals surface area contributed by atoms with E-state index in [1.54, 1.807) is 0 Å². The van der Waals surface area contributed by atoms with Crippen molar-refractivity contribution in [1.29, 1.82) is 0 Å². The zero-order valence-corrected chi connectivity index (χ0v) is 58.7. The molecular weight excluding hydrogens is 1210 g/mol. The van der Waals surface area contributed by atoms with E-state index in [2.05, 4.69) is 357 Å². The maximum absolute atomic E-state index is 6.03. The smallest absolute Gasteiger partial charge is 0.168 e. The highest BCUT2D eigenvalue weighted by atomic mass is 15.1. The molecule has 0 N–H and O–H groups in total. The summed E-state index contributed by atoms with van der Waals surface area (Å²) in [6.07, 6.45) is 0. The van der Waals surface area contributed by atoms with Crippen LogP contribution in [0.5, 0.6) is 0 Å². The minimum absolute atomic E-state index is 0.148. The summed E-state index contributed by atoms with van der Waals surface area (Å²) in [4.78, 5) is 23.5. The van der Waals surface area contributed by atoms with Crippen LogP contribution in [0.3, 0.4) is 0 Å². The lowest BCUT2D eigenvalue weighted by Gasteiger charge is -2.31. The van der Waals surface area contributed by atoms with E-state index in [-0.39, 0.29) is 21.7 Å². The van der Waals surface area contributed by atoms with E-state index in [0.29, 0.717) is 17.5 Å². The van der Waals surface area contributed by atoms with Crippen LogP contribution < -0.4 is 0 Å². The molecule has 6 aromatic heterocycles. The molecular formula is C91H80N8. The van der Waals surface area contributed by atoms with Crippen molar-refractivity contribution in [1.82, 2.24) is 38.2 Å². The number of benzene rings is 11. The van der Waals surface area contributed by atoms with Crippen LogP contribution in [0.2, 0.25) is 0 Å². The minimum Gasteiger partial charge on any atom is -0.308 e. The van der Waals surface area contributed by atoms with E-state index in [1.807, 2.05) is 0 Å². The maximum atomic E-state index is 6.03. The number of para-hydroxylation sites is 4. The summed E-state index contributed by atoms with van der Waals surface area (Å²) in [7, 11) is 0. The summed E-state index contributed by atoms with van der Waals surface area (Å²) in [5.41, 5.74) is 21.4. The van der Waals surface area contributed by atoms with Crippen molar-refractivity contribution in [3.05, 3.63) is 277 Å². The van der Waals surface area contributed by atoms with Crippen molar-refractivity contribution >= 4 is 87.2 Å². The molecule has 484 valence electrons. The van der Waals surface area contributed by atoms with Gasteiger partial charge >= 0.3 is 0 Å². The Morgan fingerprint density at radius 1 is 0.232 bits per heavy atom. The first-order valence-corrected chi connectivity index (χ1v) is 34.8. The van der Waals surface area contributed by atoms with Gasteiger partial charge in [0.15, 0.2) is 17.5 Å². The van der Waals surface area contributed by atoms with Gasteiger partial charge in [-0.25, -0.2) is 15.0 Å². The van der Waals surface area contributed by atoms with E-state index in [0.717, 1.165) is 144 Å². The molecule has 0 fully saturated rings. The highest BCUT2D eigenvalue weighted by Gasteiger charge is 2.38. The summed E-state index contributed by atoms with van der Waals surface area (Å²) >= 11 is 0. The third-order valence-corrected chi connectivity index (χ3v) is 20.5. The predicted molar refractivity (Wildman–Crippen MR) is 416 cm³/mol. The molecule has 17 rings (SSSR count). The van der Waals surface area contributed by atoms with Gasteiger partial charge in [0.2, 0.25) is 0 Å². The van der Waals surface area contributed by atoms with Crippen LogP contribution in [-0.4, -0.2) is 38.2 Å². The van der Waals surface area contributed by atoms with E-state index in [1.165, 1.54) is 22.3 Å². The van der Waals surface area contributed by atoms with Crippen molar-refractivity contribution in [2.24, 2.45) is 0 Å². The number of pyridine rings is 1. The third-order valence-electron chi connectivity index (χ3n) is 20.5. The van der Waals surface area contributed by atoms with Crippen LogP contribution in [0.15, 0.2) is 249 Å². The average molecular weight is 1290 g/mol. The average Bonchev–Trinajstić information content (AvgIpc) is 1.58. The molecule has 0 amide bonds. The topological polar surface area (TPSA) is 71.3 Å². The molecule has 8 nitrogen and oxygen atoms in total. The van der Waals surface area contributed by atoms with Crippen LogP contribution in [0.25, 0.3) is 155 Å². The van der Waals surface area contributed by atoms with E-state index >= 15 is 0 Å². The van der Waals surface area contributed by atoms with Crippen molar-refractivity contribution < 1.29 is 0 Å². The van der Waals surface area contributed by atoms with Gasteiger partial charge in [0, 0.05) is 59.9 Å². The first kappa shape index (κ1) is 61.4. The standard InChI is InChI=1S/C91H80N8/c1-55-29-28-38-70(92-55)79-81(96-71-39-24-20-34-62(71)66-51-58(88(2,3)4)43-47-75(66)96)80(87-94-85(56-30-16-14-17-31-56)93-86(95-87)57-32-18-15-19-33-57)83(98-73-41-26-22-36-64(73)68-53-60(90(8,9)10)45-49-77(68)98)84(99-74-42-27-23-37-65(74)69-54-61(91(11,12)13)46-50-78(69)99)82(79)97-72-40-25-21-35-63(72)67-52-59(89(5,6)7)44-48-76(67)97/h14-54H,1-13H3. The lowest BCUT2D eigenvalue weighted by atomic mass is 9.86. The number of nitrogens with zero attached hydrogens (tertiary/aromatic N) is 8. The number of fused-ring (bicyclic) bond motifs is 12. The monoisotopic (exact) mass is 1280 g/mol. The minimum atomic E-state index is -0.162. The molecule has 11 aromatic carbocycles. The highest BCUT2D eigenvalue weighted by Crippen LogP contribution is 2.55. The Morgan fingerprint density at radius 3 is 0.869 bits per heavy atom. The molecule has 0 unspecified atom stereocenters. The van der Waals surface area contributed by atoms with Crippen LogP contribution in [0.1, 0.15) is 111 Å². The summed E-state index contributed by atoms with van der Waals surface area (Å²) in [6.45, 7) is 29.9. The van der Waals surface area contributed by atoms with Crippen molar-refractivity contribution in [3.63, 3.8) is 0 Å². The number of aryl methyl sites for hydroxylation is 1. The molecule has 0 bridgehead atoms. The van der Waals surface area contributed by atoms with E-state index < -0.39 is 0 Å². The predicted octanol–water partition coefficient (Wildman–Crippen LogP) is 23.8. The van der Waals surface area contributed by atoms with Crippen molar-refractivity contribution in [2.45, 2.75) is 112 Å². The maximum Gasteiger partial charge on any atom is 0.168 e. The zero-order valence-electron chi connectivity index (χ0n) is 58.7. The molecule has 8 heteroatoms. The van der Waals surface area contributed by atoms with Gasteiger partial charge in [0.25, 0.3) is 0 Å². The molecule has 0 aliphatic carbocycles. The molecule has 0 aliphatic heterocycles. The number of hydrogen-bond acceptors (Lipinski definition) is 4. The van der Waals surface area contributed by atoms with Crippen LogP contribution in [0.4, 0.5) is 0 Å². The largest absolute Gasteiger partial charge is 0.308 e. The van der Waals surface area contributed by atoms with Gasteiger partial charge < -0.3 is 18.3 Å². The Kier molecular flexibility index (Phi) is 13.9. The Hall–Kier alpha value is -11.2. The lowest BCUT2D eigenvalue weighted by molar-refractivity contribution is 0.591. The van der Waals surface area contributed by atoms with E-state index in [4.69, 9.17) is 19.9 Å². The summed E-state index contributed by atoms with van der Waals surface area (Å²) < 4.78 is 10.3. The fraction of sp³-hybridized carbons (Fsp3) is 0.187. The first-order chi connectivity index (χ1) is 47.6. The van der Waals surface area contributed by atoms with Crippen molar-refractivity contribution in [3.8, 4) is 68.2 Å². The van der Waals surface area contributed by atoms with Gasteiger partial charge in [-0.15, -0.1) is 0 Å². The highest BCUT2D eigenvalue weighted by molar-refractivity contribution is 6.18. The van der Waals surface area contributed by atoms with Crippen molar-refractivity contribution in [2.75, 3.05) is 0 Å². The normalized spacial score (nSPS) is 12.7. The molecule has 0 saturated heterocycles. The van der Waals surface area contributed by atoms with Gasteiger partial charge in [0.1, 0.15) is 0 Å². The molecule has 0 aliphatic rings. The van der Waals surface area contributed by atoms with Gasteiger partial charge in [-0.2, -0.15) is 0 Å². The van der Waals surface area contributed by atoms with Crippen LogP contribution in [-0.2, 0) is 21.7 Å². The number of rotatable bonds is 8. The zero-order chi connectivity index (χ0) is 68.2. The summed E-state index contributed by atoms with van der Waals surface area (Å²) in [5.74, 6) is 1.60. The Labute approximate surface area is 578 Å². The SMILES string of the molecule is Cc1cccc(-c2c(-n3c4ccccc4c4cc(C(C)(C)C)ccc43)c(-c3nc(-c4ccccc4)nc(-c4ccccc4)n3)c(-n3c4ccccc4c4cc(C(C)(C)C)ccc43)c(-n3c4ccccc4c4cc(C(C)(C)C)ccc43)c2-n2c3ccccc3c3cc(C(C)(C)C)ccc32)n1. The van der Waals surface area contributed by atoms with Gasteiger partial charge in [-0.3, -0.25) is 4.98 Å². The number of aromatic nitrogens is 8. The Balaban J connectivity index is 1.26. The van der Waals surface area contributed by atoms with Gasteiger partial charge in [-0.1, -0.05) is 247 Å². The second-order valence-electron chi connectivity index (χ2n) is 31.2. The summed E-state index contributed by atoms with van der Waals surface area (Å²) in [6, 6.07) is 92.2. The Morgan fingerprint density at radius 2 is 0.525 bits per heavy atom. The second-order valence-corrected chi connectivity index (χ2v) is 31.2.